The molecule has 8 heteroatoms. The van der Waals surface area contributed by atoms with Crippen molar-refractivity contribution in [1.82, 2.24) is 9.62 Å². The highest BCUT2D eigenvalue weighted by Crippen LogP contribution is 2.23. The lowest BCUT2D eigenvalue weighted by Gasteiger charge is -2.30. The van der Waals surface area contributed by atoms with Crippen LogP contribution in [0.1, 0.15) is 55.3 Å². The third-order valence-electron chi connectivity index (χ3n) is 5.59. The van der Waals surface area contributed by atoms with E-state index in [1.54, 1.807) is 24.3 Å². The molecule has 0 radical (unpaired) electrons. The van der Waals surface area contributed by atoms with Crippen molar-refractivity contribution in [3.05, 3.63) is 29.8 Å². The van der Waals surface area contributed by atoms with Crippen molar-refractivity contribution in [2.75, 3.05) is 24.7 Å². The molecule has 2 fully saturated rings. The zero-order chi connectivity index (χ0) is 20.1. The Morgan fingerprint density at radius 2 is 1.75 bits per heavy atom. The molecule has 1 aromatic carbocycles. The number of benzene rings is 1. The Kier molecular flexibility index (Phi) is 6.72. The Labute approximate surface area is 166 Å². The highest BCUT2D eigenvalue weighted by Gasteiger charge is 2.30. The van der Waals surface area contributed by atoms with Crippen LogP contribution in [0.15, 0.2) is 24.3 Å². The van der Waals surface area contributed by atoms with Gasteiger partial charge in [0.15, 0.2) is 0 Å². The Morgan fingerprint density at radius 3 is 2.46 bits per heavy atom. The lowest BCUT2D eigenvalue weighted by molar-refractivity contribution is -0.120. The second-order valence-corrected chi connectivity index (χ2v) is 9.79. The molecule has 2 N–H and O–H groups in total. The third-order valence-corrected chi connectivity index (χ3v) is 6.86. The van der Waals surface area contributed by atoms with Crippen molar-refractivity contribution in [2.45, 2.75) is 51.0 Å². The van der Waals surface area contributed by atoms with Crippen LogP contribution in [-0.2, 0) is 14.8 Å². The smallest absolute Gasteiger partial charge is 0.253 e. The van der Waals surface area contributed by atoms with Gasteiger partial charge in [0, 0.05) is 19.1 Å². The monoisotopic (exact) mass is 407 g/mol. The maximum absolute atomic E-state index is 12.7. The van der Waals surface area contributed by atoms with E-state index in [9.17, 15) is 18.0 Å². The van der Waals surface area contributed by atoms with E-state index in [-0.39, 0.29) is 24.4 Å². The molecular formula is C20H29N3O4S. The minimum absolute atomic E-state index is 0.177. The predicted molar refractivity (Wildman–Crippen MR) is 109 cm³/mol. The summed E-state index contributed by atoms with van der Waals surface area (Å²) in [6.45, 7) is 0.629. The first-order valence-electron chi connectivity index (χ1n) is 10.0. The summed E-state index contributed by atoms with van der Waals surface area (Å²) in [7, 11) is -3.31. The summed E-state index contributed by atoms with van der Waals surface area (Å²) in [6.07, 6.45) is 7.89. The predicted octanol–water partition coefficient (Wildman–Crippen LogP) is 2.36. The number of nitrogens with zero attached hydrogens (tertiary/aromatic N) is 1. The zero-order valence-electron chi connectivity index (χ0n) is 16.3. The van der Waals surface area contributed by atoms with Crippen molar-refractivity contribution in [2.24, 2.45) is 5.92 Å². The first kappa shape index (κ1) is 20.8. The first-order valence-corrected chi connectivity index (χ1v) is 11.9. The molecule has 154 valence electrons. The molecule has 0 aromatic heterocycles. The fourth-order valence-electron chi connectivity index (χ4n) is 3.99. The fourth-order valence-corrected chi connectivity index (χ4v) is 4.90. The van der Waals surface area contributed by atoms with Gasteiger partial charge in [0.1, 0.15) is 0 Å². The van der Waals surface area contributed by atoms with E-state index < -0.39 is 15.9 Å². The highest BCUT2D eigenvalue weighted by molar-refractivity contribution is 7.88. The average molecular weight is 408 g/mol. The first-order chi connectivity index (χ1) is 13.3. The van der Waals surface area contributed by atoms with E-state index in [0.717, 1.165) is 31.9 Å². The molecule has 1 aromatic rings. The standard InChI is InChI=1S/C20H29N3O4S/c1-28(26,27)23-13-7-8-15(14-23)19(24)22-18-12-6-5-11-17(18)20(25)21-16-9-3-2-4-10-16/h5-6,11-12,15-16H,2-4,7-10,13-14H2,1H3,(H,21,25)(H,22,24)/t15-/m1/s1. The van der Waals surface area contributed by atoms with Gasteiger partial charge < -0.3 is 10.6 Å². The van der Waals surface area contributed by atoms with E-state index in [1.165, 1.54) is 10.7 Å². The summed E-state index contributed by atoms with van der Waals surface area (Å²) < 4.78 is 24.9. The van der Waals surface area contributed by atoms with Crippen molar-refractivity contribution in [3.8, 4) is 0 Å². The lowest BCUT2D eigenvalue weighted by Crippen LogP contribution is -2.43. The molecular weight excluding hydrogens is 378 g/mol. The molecule has 1 aliphatic carbocycles. The van der Waals surface area contributed by atoms with Gasteiger partial charge in [-0.3, -0.25) is 9.59 Å². The number of carbonyl (C=O) groups excluding carboxylic acids is 2. The van der Waals surface area contributed by atoms with Gasteiger partial charge in [-0.2, -0.15) is 0 Å². The van der Waals surface area contributed by atoms with Gasteiger partial charge in [-0.05, 0) is 37.8 Å². The number of rotatable bonds is 5. The van der Waals surface area contributed by atoms with Gasteiger partial charge in [0.2, 0.25) is 15.9 Å². The molecule has 1 atom stereocenters. The number of sulfonamides is 1. The fraction of sp³-hybridized carbons (Fsp3) is 0.600. The third kappa shape index (κ3) is 5.32. The molecule has 1 saturated heterocycles. The summed E-state index contributed by atoms with van der Waals surface area (Å²) in [5.74, 6) is -0.839. The van der Waals surface area contributed by atoms with Gasteiger partial charge in [0.25, 0.3) is 5.91 Å². The summed E-state index contributed by atoms with van der Waals surface area (Å²) in [4.78, 5) is 25.5. The summed E-state index contributed by atoms with van der Waals surface area (Å²) in [5.41, 5.74) is 0.912. The average Bonchev–Trinajstić information content (AvgIpc) is 2.68. The second kappa shape index (κ2) is 9.05. The Balaban J connectivity index is 1.67. The van der Waals surface area contributed by atoms with Crippen LogP contribution < -0.4 is 10.6 Å². The maximum atomic E-state index is 12.7. The van der Waals surface area contributed by atoms with Gasteiger partial charge >= 0.3 is 0 Å². The topological polar surface area (TPSA) is 95.6 Å². The number of nitrogens with one attached hydrogen (secondary N) is 2. The van der Waals surface area contributed by atoms with Crippen LogP contribution >= 0.6 is 0 Å². The zero-order valence-corrected chi connectivity index (χ0v) is 17.1. The van der Waals surface area contributed by atoms with Gasteiger partial charge in [-0.1, -0.05) is 31.4 Å². The molecule has 2 amide bonds. The van der Waals surface area contributed by atoms with Crippen molar-refractivity contribution in [3.63, 3.8) is 0 Å². The number of carbonyl (C=O) groups is 2. The van der Waals surface area contributed by atoms with Crippen LogP contribution in [0.2, 0.25) is 0 Å². The van der Waals surface area contributed by atoms with Crippen LogP contribution in [0.4, 0.5) is 5.69 Å². The minimum atomic E-state index is -3.31. The Morgan fingerprint density at radius 1 is 1.04 bits per heavy atom. The van der Waals surface area contributed by atoms with E-state index in [2.05, 4.69) is 10.6 Å². The number of para-hydroxylation sites is 1. The minimum Gasteiger partial charge on any atom is -0.349 e. The summed E-state index contributed by atoms with van der Waals surface area (Å²) in [5, 5.41) is 5.93. The molecule has 3 rings (SSSR count). The van der Waals surface area contributed by atoms with E-state index in [4.69, 9.17) is 0 Å². The summed E-state index contributed by atoms with van der Waals surface area (Å²) in [6, 6.07) is 7.16. The van der Waals surface area contributed by atoms with Gasteiger partial charge in [-0.25, -0.2) is 12.7 Å². The van der Waals surface area contributed by atoms with Crippen LogP contribution in [0.3, 0.4) is 0 Å². The number of hydrogen-bond acceptors (Lipinski definition) is 4. The van der Waals surface area contributed by atoms with E-state index >= 15 is 0 Å². The Hall–Kier alpha value is -1.93. The highest BCUT2D eigenvalue weighted by atomic mass is 32.2. The van der Waals surface area contributed by atoms with E-state index in [0.29, 0.717) is 30.6 Å². The quantitative estimate of drug-likeness (QED) is 0.783. The maximum Gasteiger partial charge on any atom is 0.253 e. The van der Waals surface area contributed by atoms with Crippen molar-refractivity contribution >= 4 is 27.5 Å². The van der Waals surface area contributed by atoms with Gasteiger partial charge in [0.05, 0.1) is 23.4 Å². The van der Waals surface area contributed by atoms with Crippen LogP contribution in [0.5, 0.6) is 0 Å². The van der Waals surface area contributed by atoms with Crippen LogP contribution in [0.25, 0.3) is 0 Å². The molecule has 2 aliphatic rings. The molecule has 0 unspecified atom stereocenters. The molecule has 1 saturated carbocycles. The van der Waals surface area contributed by atoms with Gasteiger partial charge in [-0.15, -0.1) is 0 Å². The molecule has 0 spiro atoms. The molecule has 1 aliphatic heterocycles. The Bertz CT molecular complexity index is 818. The normalized spacial score (nSPS) is 21.8. The van der Waals surface area contributed by atoms with Crippen LogP contribution in [-0.4, -0.2) is 49.9 Å². The second-order valence-electron chi connectivity index (χ2n) is 7.80. The molecule has 28 heavy (non-hydrogen) atoms. The summed E-state index contributed by atoms with van der Waals surface area (Å²) >= 11 is 0. The SMILES string of the molecule is CS(=O)(=O)N1CCC[C@@H](C(=O)Nc2ccccc2C(=O)NC2CCCCC2)C1. The van der Waals surface area contributed by atoms with Crippen molar-refractivity contribution in [1.29, 1.82) is 0 Å². The largest absolute Gasteiger partial charge is 0.349 e. The van der Waals surface area contributed by atoms with Crippen molar-refractivity contribution < 1.29 is 18.0 Å². The number of hydrogen-bond donors (Lipinski definition) is 2. The number of amides is 2. The number of anilines is 1. The molecule has 0 bridgehead atoms. The van der Waals surface area contributed by atoms with E-state index in [1.807, 2.05) is 0 Å². The lowest BCUT2D eigenvalue weighted by atomic mass is 9.95. The van der Waals surface area contributed by atoms with Crippen LogP contribution in [0, 0.1) is 5.92 Å². The molecule has 7 nitrogen and oxygen atoms in total. The number of piperidine rings is 1. The molecule has 1 heterocycles.